The monoisotopic (exact) mass is 257 g/mol. The van der Waals surface area contributed by atoms with Crippen LogP contribution in [-0.2, 0) is 6.42 Å². The van der Waals surface area contributed by atoms with Crippen molar-refractivity contribution >= 4 is 11.6 Å². The number of hydrogen-bond acceptors (Lipinski definition) is 2. The van der Waals surface area contributed by atoms with E-state index in [1.54, 1.807) is 0 Å². The third kappa shape index (κ3) is 2.15. The number of benzene rings is 1. The maximum atomic E-state index is 13.6. The predicted octanol–water partition coefficient (Wildman–Crippen LogP) is 3.15. The Morgan fingerprint density at radius 1 is 1.24 bits per heavy atom. The Morgan fingerprint density at radius 3 is 2.47 bits per heavy atom. The van der Waals surface area contributed by atoms with Crippen molar-refractivity contribution in [3.8, 4) is 5.69 Å². The van der Waals surface area contributed by atoms with Crippen molar-refractivity contribution in [1.29, 1.82) is 0 Å². The van der Waals surface area contributed by atoms with Gasteiger partial charge in [-0.1, -0.05) is 13.0 Å². The second-order valence-electron chi connectivity index (χ2n) is 3.54. The number of aromatic nitrogens is 3. The van der Waals surface area contributed by atoms with Gasteiger partial charge in [-0.2, -0.15) is 0 Å². The van der Waals surface area contributed by atoms with E-state index in [1.165, 1.54) is 22.8 Å². The molecule has 1 heterocycles. The van der Waals surface area contributed by atoms with E-state index in [4.69, 9.17) is 11.6 Å². The molecule has 0 spiro atoms. The van der Waals surface area contributed by atoms with Crippen molar-refractivity contribution in [1.82, 2.24) is 14.8 Å². The van der Waals surface area contributed by atoms with E-state index in [1.807, 2.05) is 6.92 Å². The molecule has 17 heavy (non-hydrogen) atoms. The number of nitrogens with zero attached hydrogens (tertiary/aromatic N) is 3. The summed E-state index contributed by atoms with van der Waals surface area (Å²) in [4.78, 5) is 0. The van der Waals surface area contributed by atoms with Crippen molar-refractivity contribution in [2.75, 3.05) is 0 Å². The molecule has 6 heteroatoms. The third-order valence-corrected chi connectivity index (χ3v) is 2.57. The number of rotatable bonds is 3. The average Bonchev–Trinajstić information content (AvgIpc) is 2.62. The minimum Gasteiger partial charge on any atom is -0.264 e. The van der Waals surface area contributed by atoms with Gasteiger partial charge in [-0.15, -0.1) is 10.2 Å². The van der Waals surface area contributed by atoms with Crippen molar-refractivity contribution in [3.63, 3.8) is 0 Å². The summed E-state index contributed by atoms with van der Waals surface area (Å²) in [6.45, 7) is 1.94. The molecule has 0 N–H and O–H groups in total. The second kappa shape index (κ2) is 4.79. The molecule has 0 radical (unpaired) electrons. The van der Waals surface area contributed by atoms with Gasteiger partial charge >= 0.3 is 0 Å². The van der Waals surface area contributed by atoms with Gasteiger partial charge in [-0.25, -0.2) is 8.78 Å². The summed E-state index contributed by atoms with van der Waals surface area (Å²) in [6.07, 6.45) is 1.33. The van der Waals surface area contributed by atoms with Crippen LogP contribution < -0.4 is 0 Å². The fourth-order valence-corrected chi connectivity index (χ4v) is 1.82. The smallest absolute Gasteiger partial charge is 0.229 e. The van der Waals surface area contributed by atoms with Crippen LogP contribution in [0.3, 0.4) is 0 Å². The van der Waals surface area contributed by atoms with E-state index in [9.17, 15) is 8.78 Å². The molecule has 0 saturated heterocycles. The minimum absolute atomic E-state index is 0.0440. The summed E-state index contributed by atoms with van der Waals surface area (Å²) >= 11 is 5.82. The van der Waals surface area contributed by atoms with Crippen LogP contribution in [0.15, 0.2) is 18.2 Å². The molecule has 0 fully saturated rings. The first-order chi connectivity index (χ1) is 8.15. The molecule has 2 aromatic rings. The van der Waals surface area contributed by atoms with Gasteiger partial charge in [0.15, 0.2) is 0 Å². The average molecular weight is 258 g/mol. The Balaban J connectivity index is 2.63. The lowest BCUT2D eigenvalue weighted by Gasteiger charge is -2.09. The van der Waals surface area contributed by atoms with E-state index in [0.29, 0.717) is 12.2 Å². The van der Waals surface area contributed by atoms with Crippen LogP contribution in [0.4, 0.5) is 8.78 Å². The van der Waals surface area contributed by atoms with Crippen LogP contribution in [0.25, 0.3) is 5.69 Å². The van der Waals surface area contributed by atoms with Gasteiger partial charge < -0.3 is 0 Å². The molecule has 0 aliphatic carbocycles. The molecule has 1 aromatic heterocycles. The Morgan fingerprint density at radius 2 is 1.88 bits per heavy atom. The quantitative estimate of drug-likeness (QED) is 0.846. The van der Waals surface area contributed by atoms with Crippen LogP contribution in [0.5, 0.6) is 0 Å². The van der Waals surface area contributed by atoms with Gasteiger partial charge in [-0.05, 0) is 30.2 Å². The highest BCUT2D eigenvalue weighted by molar-refractivity contribution is 6.28. The molecular weight excluding hydrogens is 248 g/mol. The Kier molecular flexibility index (Phi) is 3.38. The van der Waals surface area contributed by atoms with Crippen LogP contribution in [0.1, 0.15) is 19.2 Å². The maximum Gasteiger partial charge on any atom is 0.229 e. The zero-order valence-corrected chi connectivity index (χ0v) is 9.88. The van der Waals surface area contributed by atoms with Crippen molar-refractivity contribution < 1.29 is 8.78 Å². The van der Waals surface area contributed by atoms with Crippen molar-refractivity contribution in [2.24, 2.45) is 0 Å². The van der Waals surface area contributed by atoms with Crippen LogP contribution in [-0.4, -0.2) is 14.8 Å². The van der Waals surface area contributed by atoms with E-state index < -0.39 is 11.6 Å². The second-order valence-corrected chi connectivity index (χ2v) is 3.88. The molecule has 0 saturated carbocycles. The van der Waals surface area contributed by atoms with E-state index in [-0.39, 0.29) is 11.0 Å². The fourth-order valence-electron chi connectivity index (χ4n) is 1.60. The first-order valence-electron chi connectivity index (χ1n) is 5.19. The number of halogens is 3. The lowest BCUT2D eigenvalue weighted by Crippen LogP contribution is -2.06. The topological polar surface area (TPSA) is 30.7 Å². The van der Waals surface area contributed by atoms with E-state index in [2.05, 4.69) is 10.2 Å². The third-order valence-electron chi connectivity index (χ3n) is 2.33. The summed E-state index contributed by atoms with van der Waals surface area (Å²) in [7, 11) is 0. The molecule has 0 aliphatic rings. The summed E-state index contributed by atoms with van der Waals surface area (Å²) < 4.78 is 28.5. The lowest BCUT2D eigenvalue weighted by atomic mass is 10.2. The SMILES string of the molecule is CCCc1nnc(Cl)n1-c1c(F)cccc1F. The molecule has 90 valence electrons. The largest absolute Gasteiger partial charge is 0.264 e. The molecule has 1 aromatic carbocycles. The predicted molar refractivity (Wildman–Crippen MR) is 60.3 cm³/mol. The molecule has 0 unspecified atom stereocenters. The van der Waals surface area contributed by atoms with E-state index >= 15 is 0 Å². The van der Waals surface area contributed by atoms with Gasteiger partial charge in [0.25, 0.3) is 0 Å². The lowest BCUT2D eigenvalue weighted by molar-refractivity contribution is 0.565. The molecule has 0 amide bonds. The van der Waals surface area contributed by atoms with Crippen LogP contribution in [0, 0.1) is 11.6 Å². The molecule has 2 rings (SSSR count). The zero-order chi connectivity index (χ0) is 12.4. The highest BCUT2D eigenvalue weighted by Crippen LogP contribution is 2.23. The summed E-state index contributed by atoms with van der Waals surface area (Å²) in [5.41, 5.74) is -0.231. The molecule has 0 bridgehead atoms. The normalized spacial score (nSPS) is 10.8. The Hall–Kier alpha value is -1.49. The molecule has 0 aliphatic heterocycles. The van der Waals surface area contributed by atoms with Crippen LogP contribution in [0.2, 0.25) is 5.28 Å². The van der Waals surface area contributed by atoms with Gasteiger partial charge in [0.2, 0.25) is 5.28 Å². The number of hydrogen-bond donors (Lipinski definition) is 0. The molecule has 3 nitrogen and oxygen atoms in total. The summed E-state index contributed by atoms with van der Waals surface area (Å²) in [6, 6.07) is 3.64. The fraction of sp³-hybridized carbons (Fsp3) is 0.273. The first-order valence-corrected chi connectivity index (χ1v) is 5.57. The standard InChI is InChI=1S/C11H10ClF2N3/c1-2-4-9-15-16-11(12)17(9)10-7(13)5-3-6-8(10)14/h3,5-6H,2,4H2,1H3. The number of aryl methyl sites for hydroxylation is 1. The van der Waals surface area contributed by atoms with Gasteiger partial charge in [-0.3, -0.25) is 4.57 Å². The van der Waals surface area contributed by atoms with Gasteiger partial charge in [0, 0.05) is 6.42 Å². The maximum absolute atomic E-state index is 13.6. The minimum atomic E-state index is -0.691. The summed E-state index contributed by atoms with van der Waals surface area (Å²) in [5.74, 6) is -0.936. The summed E-state index contributed by atoms with van der Waals surface area (Å²) in [5, 5.41) is 7.41. The Bertz CT molecular complexity index is 519. The van der Waals surface area contributed by atoms with Crippen LogP contribution >= 0.6 is 11.6 Å². The van der Waals surface area contributed by atoms with Crippen molar-refractivity contribution in [3.05, 3.63) is 40.9 Å². The zero-order valence-electron chi connectivity index (χ0n) is 9.12. The van der Waals surface area contributed by atoms with Crippen molar-refractivity contribution in [2.45, 2.75) is 19.8 Å². The Labute approximate surface area is 102 Å². The molecule has 0 atom stereocenters. The van der Waals surface area contributed by atoms with Gasteiger partial charge in [0.1, 0.15) is 23.1 Å². The molecular formula is C11H10ClF2N3. The highest BCUT2D eigenvalue weighted by atomic mass is 35.5. The number of para-hydroxylation sites is 1. The van der Waals surface area contributed by atoms with E-state index in [0.717, 1.165) is 6.42 Å². The van der Waals surface area contributed by atoms with Gasteiger partial charge in [0.05, 0.1) is 0 Å². The first kappa shape index (κ1) is 12.0. The highest BCUT2D eigenvalue weighted by Gasteiger charge is 2.18.